The lowest BCUT2D eigenvalue weighted by Gasteiger charge is -2.27. The molecule has 0 saturated heterocycles. The van der Waals surface area contributed by atoms with Crippen LogP contribution in [0.1, 0.15) is 36.8 Å². The van der Waals surface area contributed by atoms with Gasteiger partial charge >= 0.3 is 6.18 Å². The molecule has 1 aliphatic carbocycles. The molecule has 1 aromatic carbocycles. The second-order valence-electron chi connectivity index (χ2n) is 5.15. The van der Waals surface area contributed by atoms with Gasteiger partial charge < -0.3 is 11.1 Å². The summed E-state index contributed by atoms with van der Waals surface area (Å²) in [6.45, 7) is 0.260. The first-order valence-corrected chi connectivity index (χ1v) is 6.61. The van der Waals surface area contributed by atoms with E-state index in [4.69, 9.17) is 5.73 Å². The first-order chi connectivity index (χ1) is 8.97. The van der Waals surface area contributed by atoms with E-state index in [1.165, 1.54) is 12.1 Å². The highest BCUT2D eigenvalue weighted by molar-refractivity contribution is 5.29. The lowest BCUT2D eigenvalue weighted by Crippen LogP contribution is -2.37. The van der Waals surface area contributed by atoms with Gasteiger partial charge in [0.25, 0.3) is 0 Å². The maximum Gasteiger partial charge on any atom is 0.416 e. The van der Waals surface area contributed by atoms with E-state index in [9.17, 15) is 13.2 Å². The molecule has 5 heteroatoms. The first-order valence-electron chi connectivity index (χ1n) is 6.61. The Morgan fingerprint density at radius 1 is 1.11 bits per heavy atom. The molecule has 1 saturated carbocycles. The van der Waals surface area contributed by atoms with Gasteiger partial charge in [-0.2, -0.15) is 13.2 Å². The van der Waals surface area contributed by atoms with Crippen LogP contribution < -0.4 is 11.1 Å². The van der Waals surface area contributed by atoms with Crippen molar-refractivity contribution < 1.29 is 13.2 Å². The maximum absolute atomic E-state index is 12.8. The van der Waals surface area contributed by atoms with Crippen molar-refractivity contribution >= 4 is 0 Å². The summed E-state index contributed by atoms with van der Waals surface area (Å²) in [5.41, 5.74) is 5.57. The van der Waals surface area contributed by atoms with Crippen LogP contribution in [0, 0.1) is 0 Å². The number of nitrogens with one attached hydrogen (secondary N) is 1. The average Bonchev–Trinajstić information content (AvgIpc) is 2.37. The molecule has 0 heterocycles. The molecule has 3 N–H and O–H groups in total. The van der Waals surface area contributed by atoms with Crippen LogP contribution in [0.15, 0.2) is 24.3 Å². The predicted molar refractivity (Wildman–Crippen MR) is 68.5 cm³/mol. The molecule has 0 unspecified atom stereocenters. The van der Waals surface area contributed by atoms with Crippen molar-refractivity contribution in [2.75, 3.05) is 0 Å². The average molecular weight is 272 g/mol. The Bertz CT molecular complexity index is 409. The van der Waals surface area contributed by atoms with Crippen molar-refractivity contribution in [3.8, 4) is 0 Å². The molecule has 106 valence electrons. The summed E-state index contributed by atoms with van der Waals surface area (Å²) in [4.78, 5) is 0. The van der Waals surface area contributed by atoms with E-state index in [0.29, 0.717) is 5.56 Å². The van der Waals surface area contributed by atoms with E-state index >= 15 is 0 Å². The van der Waals surface area contributed by atoms with Gasteiger partial charge in [0.1, 0.15) is 0 Å². The quantitative estimate of drug-likeness (QED) is 0.887. The molecule has 0 aromatic heterocycles. The molecule has 2 rings (SSSR count). The molecule has 1 aliphatic rings. The minimum Gasteiger partial charge on any atom is -0.328 e. The van der Waals surface area contributed by atoms with Crippen LogP contribution in [-0.2, 0) is 12.7 Å². The molecule has 2 nitrogen and oxygen atoms in total. The zero-order valence-electron chi connectivity index (χ0n) is 10.7. The van der Waals surface area contributed by atoms with E-state index in [1.807, 2.05) is 0 Å². The Labute approximate surface area is 111 Å². The Morgan fingerprint density at radius 3 is 2.37 bits per heavy atom. The second kappa shape index (κ2) is 5.92. The summed E-state index contributed by atoms with van der Waals surface area (Å²) in [6.07, 6.45) is -0.519. The highest BCUT2D eigenvalue weighted by Gasteiger charge is 2.32. The van der Waals surface area contributed by atoms with E-state index in [-0.39, 0.29) is 18.6 Å². The van der Waals surface area contributed by atoms with Gasteiger partial charge in [-0.3, -0.25) is 0 Å². The Morgan fingerprint density at radius 2 is 1.74 bits per heavy atom. The van der Waals surface area contributed by atoms with E-state index in [2.05, 4.69) is 5.32 Å². The Kier molecular flexibility index (Phi) is 4.47. The first kappa shape index (κ1) is 14.3. The van der Waals surface area contributed by atoms with Crippen LogP contribution >= 0.6 is 0 Å². The van der Waals surface area contributed by atoms with Crippen molar-refractivity contribution in [3.05, 3.63) is 35.4 Å². The second-order valence-corrected chi connectivity index (χ2v) is 5.15. The smallest absolute Gasteiger partial charge is 0.328 e. The van der Waals surface area contributed by atoms with Crippen LogP contribution in [-0.4, -0.2) is 12.1 Å². The molecule has 0 aliphatic heterocycles. The summed E-state index contributed by atoms with van der Waals surface area (Å²) in [5, 5.41) is 3.22. The monoisotopic (exact) mass is 272 g/mol. The third-order valence-electron chi connectivity index (χ3n) is 3.68. The molecule has 0 bridgehead atoms. The van der Waals surface area contributed by atoms with E-state index in [1.54, 1.807) is 6.07 Å². The number of hydrogen-bond donors (Lipinski definition) is 2. The van der Waals surface area contributed by atoms with Gasteiger partial charge in [-0.25, -0.2) is 0 Å². The van der Waals surface area contributed by atoms with Crippen molar-refractivity contribution in [2.24, 2.45) is 5.73 Å². The normalized spacial score (nSPS) is 24.4. The fourth-order valence-electron chi connectivity index (χ4n) is 2.53. The molecule has 1 aromatic rings. The van der Waals surface area contributed by atoms with Gasteiger partial charge in [-0.15, -0.1) is 0 Å². The maximum atomic E-state index is 12.8. The van der Waals surface area contributed by atoms with Crippen LogP contribution in [0.5, 0.6) is 0 Å². The minimum absolute atomic E-state index is 0.250. The lowest BCUT2D eigenvalue weighted by atomic mass is 9.91. The van der Waals surface area contributed by atoms with E-state index < -0.39 is 11.7 Å². The van der Waals surface area contributed by atoms with Crippen molar-refractivity contribution in [3.63, 3.8) is 0 Å². The number of alkyl halides is 3. The molecule has 0 spiro atoms. The van der Waals surface area contributed by atoms with Crippen molar-refractivity contribution in [2.45, 2.75) is 50.5 Å². The molecule has 0 amide bonds. The minimum atomic E-state index is -4.28. The number of halogens is 3. The van der Waals surface area contributed by atoms with Gasteiger partial charge in [0.2, 0.25) is 0 Å². The SMILES string of the molecule is NC1CCC(NCc2ccccc2C(F)(F)F)CC1. The highest BCUT2D eigenvalue weighted by Crippen LogP contribution is 2.32. The number of benzene rings is 1. The third-order valence-corrected chi connectivity index (χ3v) is 3.68. The molecular weight excluding hydrogens is 253 g/mol. The van der Waals surface area contributed by atoms with Gasteiger partial charge in [0, 0.05) is 18.6 Å². The predicted octanol–water partition coefficient (Wildman–Crippen LogP) is 3.06. The van der Waals surface area contributed by atoms with Crippen molar-refractivity contribution in [1.82, 2.24) is 5.32 Å². The molecule has 0 atom stereocenters. The summed E-state index contributed by atoms with van der Waals surface area (Å²) < 4.78 is 38.5. The Hall–Kier alpha value is -1.07. The van der Waals surface area contributed by atoms with Crippen LogP contribution in [0.2, 0.25) is 0 Å². The van der Waals surface area contributed by atoms with E-state index in [0.717, 1.165) is 31.7 Å². The third kappa shape index (κ3) is 3.94. The summed E-state index contributed by atoms with van der Waals surface area (Å²) >= 11 is 0. The number of rotatable bonds is 3. The zero-order valence-corrected chi connectivity index (χ0v) is 10.7. The molecule has 1 fully saturated rings. The van der Waals surface area contributed by atoms with Crippen LogP contribution in [0.4, 0.5) is 13.2 Å². The summed E-state index contributed by atoms with van der Waals surface area (Å²) in [6, 6.07) is 6.26. The van der Waals surface area contributed by atoms with Crippen LogP contribution in [0.25, 0.3) is 0 Å². The fraction of sp³-hybridized carbons (Fsp3) is 0.571. The largest absolute Gasteiger partial charge is 0.416 e. The standard InChI is InChI=1S/C14H19F3N2/c15-14(16,17)13-4-2-1-3-10(13)9-19-12-7-5-11(18)6-8-12/h1-4,11-12,19H,5-9,18H2. The molecule has 0 radical (unpaired) electrons. The molecule has 19 heavy (non-hydrogen) atoms. The van der Waals surface area contributed by atoms with Gasteiger partial charge in [-0.1, -0.05) is 18.2 Å². The van der Waals surface area contributed by atoms with Gasteiger partial charge in [0.05, 0.1) is 5.56 Å². The van der Waals surface area contributed by atoms with Gasteiger partial charge in [0.15, 0.2) is 0 Å². The fourth-order valence-corrected chi connectivity index (χ4v) is 2.53. The van der Waals surface area contributed by atoms with Gasteiger partial charge in [-0.05, 0) is 37.3 Å². The topological polar surface area (TPSA) is 38.0 Å². The number of nitrogens with two attached hydrogens (primary N) is 1. The van der Waals surface area contributed by atoms with Crippen LogP contribution in [0.3, 0.4) is 0 Å². The lowest BCUT2D eigenvalue weighted by molar-refractivity contribution is -0.138. The molecular formula is C14H19F3N2. The number of hydrogen-bond acceptors (Lipinski definition) is 2. The Balaban J connectivity index is 1.96. The van der Waals surface area contributed by atoms with Crippen molar-refractivity contribution in [1.29, 1.82) is 0 Å². The summed E-state index contributed by atoms with van der Waals surface area (Å²) in [7, 11) is 0. The zero-order chi connectivity index (χ0) is 13.9. The highest BCUT2D eigenvalue weighted by atomic mass is 19.4. The summed E-state index contributed by atoms with van der Waals surface area (Å²) in [5.74, 6) is 0.